The first kappa shape index (κ1) is 39.4. The maximum atomic E-state index is 2.37. The zero-order valence-corrected chi connectivity index (χ0v) is 37.3. The second-order valence-corrected chi connectivity index (χ2v) is 17.7. The fourth-order valence-corrected chi connectivity index (χ4v) is 10.6. The van der Waals surface area contributed by atoms with Crippen LogP contribution in [-0.2, 0) is 0 Å². The highest BCUT2D eigenvalue weighted by molar-refractivity contribution is 6.27. The Labute approximate surface area is 395 Å². The summed E-state index contributed by atoms with van der Waals surface area (Å²) in [4.78, 5) is 4.73. The lowest BCUT2D eigenvalue weighted by molar-refractivity contribution is 1.29. The van der Waals surface area contributed by atoms with Crippen molar-refractivity contribution in [2.75, 3.05) is 9.80 Å². The van der Waals surface area contributed by atoms with Crippen molar-refractivity contribution < 1.29 is 0 Å². The van der Waals surface area contributed by atoms with Crippen molar-refractivity contribution in [3.05, 3.63) is 267 Å². The van der Waals surface area contributed by atoms with E-state index in [-0.39, 0.29) is 0 Å². The summed E-state index contributed by atoms with van der Waals surface area (Å²) in [5, 5.41) is 15.3. The van der Waals surface area contributed by atoms with E-state index in [0.717, 1.165) is 34.1 Å². The van der Waals surface area contributed by atoms with Gasteiger partial charge in [-0.1, -0.05) is 188 Å². The molecule has 13 rings (SSSR count). The first-order valence-corrected chi connectivity index (χ1v) is 23.4. The highest BCUT2D eigenvalue weighted by Gasteiger charge is 2.18. The molecule has 2 nitrogen and oxygen atoms in total. The third-order valence-corrected chi connectivity index (χ3v) is 13.8. The third-order valence-electron chi connectivity index (χ3n) is 13.8. The van der Waals surface area contributed by atoms with Gasteiger partial charge in [-0.25, -0.2) is 0 Å². The molecule has 318 valence electrons. The van der Waals surface area contributed by atoms with Crippen molar-refractivity contribution in [2.45, 2.75) is 0 Å². The number of nitrogens with zero attached hydrogens (tertiary/aromatic N) is 2. The molecule has 0 unspecified atom stereocenters. The zero-order chi connectivity index (χ0) is 45.0. The summed E-state index contributed by atoms with van der Waals surface area (Å²) in [7, 11) is 0. The number of para-hydroxylation sites is 2. The number of rotatable bonds is 8. The van der Waals surface area contributed by atoms with E-state index in [4.69, 9.17) is 0 Å². The molecule has 0 saturated heterocycles. The van der Waals surface area contributed by atoms with E-state index in [1.165, 1.54) is 86.9 Å². The number of hydrogen-bond donors (Lipinski definition) is 0. The molecule has 0 bridgehead atoms. The van der Waals surface area contributed by atoms with Gasteiger partial charge < -0.3 is 9.80 Å². The minimum absolute atomic E-state index is 1.10. The minimum Gasteiger partial charge on any atom is -0.310 e. The standard InChI is InChI=1S/C66H44N2/c1-3-18-49(19-4-1)67(53-38-40-63-59-26-9-7-22-55(59)57-24-11-13-28-61(57)65(63)43-53)51-34-30-45(31-35-51)47-16-15-17-48(42-47)46-32-36-52(37-33-46)68(50-20-5-2-6-21-50)54-39-41-64-60-27-10-8-23-56(60)58-25-12-14-29-62(58)66(64)44-54/h1-44H. The maximum absolute atomic E-state index is 2.37. The van der Waals surface area contributed by atoms with Crippen LogP contribution in [0.5, 0.6) is 0 Å². The lowest BCUT2D eigenvalue weighted by Crippen LogP contribution is -2.09. The van der Waals surface area contributed by atoms with Crippen molar-refractivity contribution in [1.82, 2.24) is 0 Å². The predicted octanol–water partition coefficient (Wildman–Crippen LogP) is 18.9. The number of hydrogen-bond acceptors (Lipinski definition) is 2. The highest BCUT2D eigenvalue weighted by Crippen LogP contribution is 2.43. The third kappa shape index (κ3) is 6.73. The molecule has 0 spiro atoms. The molecule has 2 heteroatoms. The van der Waals surface area contributed by atoms with Gasteiger partial charge in [0, 0.05) is 34.1 Å². The van der Waals surface area contributed by atoms with Crippen LogP contribution in [0, 0.1) is 0 Å². The second kappa shape index (κ2) is 16.5. The molecule has 0 aliphatic heterocycles. The molecule has 0 aliphatic rings. The molecule has 13 aromatic carbocycles. The van der Waals surface area contributed by atoms with Crippen LogP contribution in [-0.4, -0.2) is 0 Å². The monoisotopic (exact) mass is 864 g/mol. The van der Waals surface area contributed by atoms with Crippen LogP contribution < -0.4 is 9.80 Å². The van der Waals surface area contributed by atoms with E-state index >= 15 is 0 Å². The van der Waals surface area contributed by atoms with Gasteiger partial charge in [0.15, 0.2) is 0 Å². The summed E-state index contributed by atoms with van der Waals surface area (Å²) >= 11 is 0. The second-order valence-electron chi connectivity index (χ2n) is 17.7. The maximum Gasteiger partial charge on any atom is 0.0468 e. The largest absolute Gasteiger partial charge is 0.310 e. The first-order chi connectivity index (χ1) is 33.7. The summed E-state index contributed by atoms with van der Waals surface area (Å²) < 4.78 is 0. The van der Waals surface area contributed by atoms with E-state index in [0.29, 0.717) is 0 Å². The van der Waals surface area contributed by atoms with Gasteiger partial charge in [0.05, 0.1) is 0 Å². The van der Waals surface area contributed by atoms with Crippen LogP contribution in [0.15, 0.2) is 267 Å². The summed E-state index contributed by atoms with van der Waals surface area (Å²) in [5.74, 6) is 0. The van der Waals surface area contributed by atoms with Gasteiger partial charge in [-0.15, -0.1) is 0 Å². The van der Waals surface area contributed by atoms with Crippen LogP contribution in [0.4, 0.5) is 34.1 Å². The molecule has 0 fully saturated rings. The molecule has 0 amide bonds. The average molecular weight is 865 g/mol. The van der Waals surface area contributed by atoms with Gasteiger partial charge in [-0.3, -0.25) is 0 Å². The molecular weight excluding hydrogens is 821 g/mol. The van der Waals surface area contributed by atoms with Crippen LogP contribution in [0.2, 0.25) is 0 Å². The summed E-state index contributed by atoms with van der Waals surface area (Å²) in [6.45, 7) is 0. The van der Waals surface area contributed by atoms with Crippen molar-refractivity contribution in [1.29, 1.82) is 0 Å². The van der Waals surface area contributed by atoms with Crippen molar-refractivity contribution in [3.63, 3.8) is 0 Å². The molecular formula is C66H44N2. The molecule has 0 N–H and O–H groups in total. The molecule has 0 saturated carbocycles. The van der Waals surface area contributed by atoms with E-state index in [2.05, 4.69) is 277 Å². The molecule has 0 heterocycles. The summed E-state index contributed by atoms with van der Waals surface area (Å²) in [5.41, 5.74) is 11.4. The molecule has 0 radical (unpaired) electrons. The van der Waals surface area contributed by atoms with Crippen LogP contribution >= 0.6 is 0 Å². The zero-order valence-electron chi connectivity index (χ0n) is 37.3. The predicted molar refractivity (Wildman–Crippen MR) is 292 cm³/mol. The molecule has 0 atom stereocenters. The Bertz CT molecular complexity index is 3680. The highest BCUT2D eigenvalue weighted by atomic mass is 15.1. The summed E-state index contributed by atoms with van der Waals surface area (Å²) in [6, 6.07) is 97.3. The topological polar surface area (TPSA) is 6.48 Å². The Balaban J connectivity index is 0.838. The normalized spacial score (nSPS) is 11.5. The number of anilines is 6. The van der Waals surface area contributed by atoms with Crippen molar-refractivity contribution in [3.8, 4) is 22.3 Å². The van der Waals surface area contributed by atoms with Gasteiger partial charge in [0.25, 0.3) is 0 Å². The molecule has 68 heavy (non-hydrogen) atoms. The van der Waals surface area contributed by atoms with Gasteiger partial charge in [0.2, 0.25) is 0 Å². The SMILES string of the molecule is c1ccc(N(c2ccc(-c3cccc(-c4ccc(N(c5ccccc5)c5ccc6c7ccccc7c7ccccc7c6c5)cc4)c3)cc2)c2ccc3c4ccccc4c4ccccc4c3c2)cc1. The fourth-order valence-electron chi connectivity index (χ4n) is 10.6. The average Bonchev–Trinajstić information content (AvgIpc) is 3.42. The Morgan fingerprint density at radius 2 is 0.412 bits per heavy atom. The molecule has 13 aromatic rings. The fraction of sp³-hybridized carbons (Fsp3) is 0. The van der Waals surface area contributed by atoms with Gasteiger partial charge in [0.1, 0.15) is 0 Å². The van der Waals surface area contributed by atoms with E-state index in [1.54, 1.807) is 0 Å². The minimum atomic E-state index is 1.10. The van der Waals surface area contributed by atoms with Crippen LogP contribution in [0.1, 0.15) is 0 Å². The first-order valence-electron chi connectivity index (χ1n) is 23.4. The quantitative estimate of drug-likeness (QED) is 0.140. The van der Waals surface area contributed by atoms with Gasteiger partial charge in [-0.2, -0.15) is 0 Å². The lowest BCUT2D eigenvalue weighted by Gasteiger charge is -2.26. The van der Waals surface area contributed by atoms with Crippen LogP contribution in [0.25, 0.3) is 86.9 Å². The Kier molecular flexibility index (Phi) is 9.54. The Morgan fingerprint density at radius 1 is 0.147 bits per heavy atom. The molecule has 0 aromatic heterocycles. The Hall–Kier alpha value is -8.98. The number of fused-ring (bicyclic) bond motifs is 12. The lowest BCUT2D eigenvalue weighted by atomic mass is 9.94. The van der Waals surface area contributed by atoms with Crippen molar-refractivity contribution >= 4 is 98.8 Å². The van der Waals surface area contributed by atoms with Gasteiger partial charge >= 0.3 is 0 Å². The number of benzene rings is 13. The van der Waals surface area contributed by atoms with Crippen LogP contribution in [0.3, 0.4) is 0 Å². The van der Waals surface area contributed by atoms with E-state index in [9.17, 15) is 0 Å². The van der Waals surface area contributed by atoms with Gasteiger partial charge in [-0.05, 0) is 166 Å². The summed E-state index contributed by atoms with van der Waals surface area (Å²) in [6.07, 6.45) is 0. The van der Waals surface area contributed by atoms with E-state index < -0.39 is 0 Å². The van der Waals surface area contributed by atoms with E-state index in [1.807, 2.05) is 0 Å². The smallest absolute Gasteiger partial charge is 0.0468 e. The Morgan fingerprint density at radius 3 is 0.750 bits per heavy atom. The van der Waals surface area contributed by atoms with Crippen molar-refractivity contribution in [2.24, 2.45) is 0 Å². The molecule has 0 aliphatic carbocycles.